The minimum atomic E-state index is -4.47. The third-order valence-corrected chi connectivity index (χ3v) is 6.58. The van der Waals surface area contributed by atoms with E-state index >= 15 is 0 Å². The SMILES string of the molecule is CN1CCC(COCc2cc(N3CCCC3)cc(C(F)(F)F)n2)(c2ccccc2)CC1. The van der Waals surface area contributed by atoms with Crippen molar-refractivity contribution >= 4 is 5.69 Å². The number of pyridine rings is 1. The van der Waals surface area contributed by atoms with E-state index in [-0.39, 0.29) is 12.0 Å². The molecule has 2 saturated heterocycles. The number of hydrogen-bond acceptors (Lipinski definition) is 4. The van der Waals surface area contributed by atoms with Crippen LogP contribution in [0.3, 0.4) is 0 Å². The predicted molar refractivity (Wildman–Crippen MR) is 115 cm³/mol. The summed E-state index contributed by atoms with van der Waals surface area (Å²) in [5.74, 6) is 0. The number of halogens is 3. The van der Waals surface area contributed by atoms with Gasteiger partial charge >= 0.3 is 6.18 Å². The highest BCUT2D eigenvalue weighted by Gasteiger charge is 2.36. The fourth-order valence-electron chi connectivity index (χ4n) is 4.65. The number of ether oxygens (including phenoxy) is 1. The van der Waals surface area contributed by atoms with Crippen LogP contribution in [0.25, 0.3) is 0 Å². The van der Waals surface area contributed by atoms with E-state index in [1.165, 1.54) is 5.56 Å². The first-order valence-corrected chi connectivity index (χ1v) is 11.0. The molecule has 2 fully saturated rings. The van der Waals surface area contributed by atoms with Crippen molar-refractivity contribution in [2.24, 2.45) is 0 Å². The molecule has 3 heterocycles. The van der Waals surface area contributed by atoms with Crippen molar-refractivity contribution in [3.63, 3.8) is 0 Å². The van der Waals surface area contributed by atoms with Crippen LogP contribution in [0.5, 0.6) is 0 Å². The lowest BCUT2D eigenvalue weighted by Crippen LogP contribution is -2.43. The van der Waals surface area contributed by atoms with Crippen LogP contribution in [0.1, 0.15) is 42.6 Å². The van der Waals surface area contributed by atoms with Gasteiger partial charge in [0.05, 0.1) is 18.9 Å². The van der Waals surface area contributed by atoms with Crippen LogP contribution in [-0.2, 0) is 22.9 Å². The summed E-state index contributed by atoms with van der Waals surface area (Å²) >= 11 is 0. The second kappa shape index (κ2) is 9.17. The van der Waals surface area contributed by atoms with Crippen molar-refractivity contribution in [3.05, 3.63) is 59.4 Å². The fourth-order valence-corrected chi connectivity index (χ4v) is 4.65. The maximum atomic E-state index is 13.4. The smallest absolute Gasteiger partial charge is 0.374 e. The Labute approximate surface area is 182 Å². The van der Waals surface area contributed by atoms with Crippen LogP contribution in [0.2, 0.25) is 0 Å². The maximum Gasteiger partial charge on any atom is 0.433 e. The van der Waals surface area contributed by atoms with Crippen molar-refractivity contribution in [2.45, 2.75) is 43.9 Å². The molecule has 168 valence electrons. The van der Waals surface area contributed by atoms with Gasteiger partial charge in [0, 0.05) is 24.2 Å². The summed E-state index contributed by atoms with van der Waals surface area (Å²) in [5.41, 5.74) is 1.21. The van der Waals surface area contributed by atoms with Gasteiger partial charge in [0.1, 0.15) is 5.69 Å². The van der Waals surface area contributed by atoms with E-state index in [1.54, 1.807) is 6.07 Å². The summed E-state index contributed by atoms with van der Waals surface area (Å²) in [6, 6.07) is 13.2. The van der Waals surface area contributed by atoms with E-state index in [0.717, 1.165) is 57.9 Å². The predicted octanol–water partition coefficient (Wildman–Crippen LogP) is 4.88. The van der Waals surface area contributed by atoms with Crippen molar-refractivity contribution in [1.29, 1.82) is 0 Å². The Hall–Kier alpha value is -2.12. The third-order valence-electron chi connectivity index (χ3n) is 6.58. The monoisotopic (exact) mass is 433 g/mol. The van der Waals surface area contributed by atoms with Gasteiger partial charge in [0.2, 0.25) is 0 Å². The molecule has 0 amide bonds. The van der Waals surface area contributed by atoms with Gasteiger partial charge in [-0.05, 0) is 63.5 Å². The zero-order valence-electron chi connectivity index (χ0n) is 18.0. The molecule has 1 aromatic carbocycles. The Morgan fingerprint density at radius 3 is 2.32 bits per heavy atom. The van der Waals surface area contributed by atoms with Crippen molar-refractivity contribution in [3.8, 4) is 0 Å². The summed E-state index contributed by atoms with van der Waals surface area (Å²) in [4.78, 5) is 8.19. The molecule has 31 heavy (non-hydrogen) atoms. The number of alkyl halides is 3. The summed E-state index contributed by atoms with van der Waals surface area (Å²) in [5, 5.41) is 0. The van der Waals surface area contributed by atoms with Gasteiger partial charge in [0.15, 0.2) is 0 Å². The van der Waals surface area contributed by atoms with Crippen LogP contribution >= 0.6 is 0 Å². The Bertz CT molecular complexity index is 858. The molecule has 0 N–H and O–H groups in total. The lowest BCUT2D eigenvalue weighted by molar-refractivity contribution is -0.141. The first-order chi connectivity index (χ1) is 14.9. The van der Waals surface area contributed by atoms with Crippen LogP contribution in [0, 0.1) is 0 Å². The summed E-state index contributed by atoms with van der Waals surface area (Å²) < 4.78 is 46.4. The van der Waals surface area contributed by atoms with Gasteiger partial charge < -0.3 is 14.5 Å². The lowest BCUT2D eigenvalue weighted by Gasteiger charge is -2.41. The maximum absolute atomic E-state index is 13.4. The van der Waals surface area contributed by atoms with E-state index in [0.29, 0.717) is 18.0 Å². The Morgan fingerprint density at radius 1 is 1.00 bits per heavy atom. The van der Waals surface area contributed by atoms with E-state index < -0.39 is 11.9 Å². The van der Waals surface area contributed by atoms with Gasteiger partial charge in [-0.1, -0.05) is 30.3 Å². The van der Waals surface area contributed by atoms with Gasteiger partial charge in [-0.3, -0.25) is 0 Å². The molecule has 2 aromatic rings. The molecule has 0 spiro atoms. The first kappa shape index (κ1) is 22.1. The Balaban J connectivity index is 1.51. The number of likely N-dealkylation sites (tertiary alicyclic amines) is 1. The van der Waals surface area contributed by atoms with Gasteiger partial charge in [0.25, 0.3) is 0 Å². The molecule has 7 heteroatoms. The molecule has 0 radical (unpaired) electrons. The van der Waals surface area contributed by atoms with Crippen LogP contribution < -0.4 is 4.90 Å². The summed E-state index contributed by atoms with van der Waals surface area (Å²) in [6.45, 7) is 4.06. The second-order valence-electron chi connectivity index (χ2n) is 8.84. The molecule has 0 saturated carbocycles. The molecule has 0 bridgehead atoms. The summed E-state index contributed by atoms with van der Waals surface area (Å²) in [6.07, 6.45) is -0.540. The fraction of sp³-hybridized carbons (Fsp3) is 0.542. The zero-order valence-corrected chi connectivity index (χ0v) is 18.0. The molecule has 0 aliphatic carbocycles. The standard InChI is InChI=1S/C24H30F3N3O/c1-29-13-9-23(10-14-29,19-7-3-2-4-8-19)18-31-17-20-15-21(30-11-5-6-12-30)16-22(28-20)24(25,26)27/h2-4,7-8,15-16H,5-6,9-14,17-18H2,1H3. The number of anilines is 1. The minimum Gasteiger partial charge on any atom is -0.374 e. The minimum absolute atomic E-state index is 0.0786. The Kier molecular flexibility index (Phi) is 6.53. The number of rotatable bonds is 6. The Morgan fingerprint density at radius 2 is 1.68 bits per heavy atom. The van der Waals surface area contributed by atoms with Crippen LogP contribution in [0.4, 0.5) is 18.9 Å². The molecule has 4 nitrogen and oxygen atoms in total. The number of aromatic nitrogens is 1. The normalized spacial score (nSPS) is 19.7. The molecule has 2 aliphatic rings. The van der Waals surface area contributed by atoms with Crippen molar-refractivity contribution in [2.75, 3.05) is 44.7 Å². The average molecular weight is 434 g/mol. The van der Waals surface area contributed by atoms with Crippen LogP contribution in [0.15, 0.2) is 42.5 Å². The van der Waals surface area contributed by atoms with Gasteiger partial charge in [-0.2, -0.15) is 13.2 Å². The van der Waals surface area contributed by atoms with E-state index in [4.69, 9.17) is 4.74 Å². The first-order valence-electron chi connectivity index (χ1n) is 11.0. The molecule has 2 aliphatic heterocycles. The molecular weight excluding hydrogens is 403 g/mol. The highest BCUT2D eigenvalue weighted by atomic mass is 19.4. The molecule has 1 aromatic heterocycles. The molecule has 0 unspecified atom stereocenters. The van der Waals surface area contributed by atoms with Crippen LogP contribution in [-0.4, -0.2) is 49.7 Å². The second-order valence-corrected chi connectivity index (χ2v) is 8.84. The van der Waals surface area contributed by atoms with E-state index in [1.807, 2.05) is 23.1 Å². The third kappa shape index (κ3) is 5.21. The number of hydrogen-bond donors (Lipinski definition) is 0. The summed E-state index contributed by atoms with van der Waals surface area (Å²) in [7, 11) is 2.11. The number of piperidine rings is 1. The molecule has 0 atom stereocenters. The average Bonchev–Trinajstić information content (AvgIpc) is 3.30. The largest absolute Gasteiger partial charge is 0.433 e. The topological polar surface area (TPSA) is 28.6 Å². The number of benzene rings is 1. The van der Waals surface area contributed by atoms with Gasteiger partial charge in [-0.15, -0.1) is 0 Å². The quantitative estimate of drug-likeness (QED) is 0.649. The van der Waals surface area contributed by atoms with Gasteiger partial charge in [-0.25, -0.2) is 4.98 Å². The van der Waals surface area contributed by atoms with E-state index in [9.17, 15) is 13.2 Å². The highest BCUT2D eigenvalue weighted by molar-refractivity contribution is 5.49. The highest BCUT2D eigenvalue weighted by Crippen LogP contribution is 2.36. The van der Waals surface area contributed by atoms with Crippen molar-refractivity contribution in [1.82, 2.24) is 9.88 Å². The lowest BCUT2D eigenvalue weighted by atomic mass is 9.73. The molecular formula is C24H30F3N3O. The van der Waals surface area contributed by atoms with E-state index in [2.05, 4.69) is 29.1 Å². The zero-order chi connectivity index (χ0) is 21.9. The molecule has 4 rings (SSSR count). The van der Waals surface area contributed by atoms with Crippen molar-refractivity contribution < 1.29 is 17.9 Å². The number of nitrogens with zero attached hydrogens (tertiary/aromatic N) is 3.